The molecule has 1 aromatic carbocycles. The highest BCUT2D eigenvalue weighted by Crippen LogP contribution is 2.24. The van der Waals surface area contributed by atoms with Crippen molar-refractivity contribution in [3.8, 4) is 5.75 Å². The maximum atomic E-state index is 13.0. The van der Waals surface area contributed by atoms with Gasteiger partial charge >= 0.3 is 12.1 Å². The van der Waals surface area contributed by atoms with E-state index in [4.69, 9.17) is 14.2 Å². The second-order valence-electron chi connectivity index (χ2n) is 8.07. The number of fused-ring (bicyclic) bond motifs is 1. The fraction of sp³-hybridized carbons (Fsp3) is 0.571. The molecule has 1 aliphatic rings. The highest BCUT2D eigenvalue weighted by molar-refractivity contribution is 5.83. The second kappa shape index (κ2) is 9.62. The molecule has 0 bridgehead atoms. The molecule has 0 aliphatic carbocycles. The summed E-state index contributed by atoms with van der Waals surface area (Å²) >= 11 is 0. The van der Waals surface area contributed by atoms with Crippen molar-refractivity contribution < 1.29 is 28.6 Å². The fourth-order valence-electron chi connectivity index (χ4n) is 3.09. The quantitative estimate of drug-likeness (QED) is 0.755. The maximum Gasteiger partial charge on any atom is 0.408 e. The van der Waals surface area contributed by atoms with Crippen LogP contribution in [0.15, 0.2) is 24.3 Å². The van der Waals surface area contributed by atoms with Gasteiger partial charge in [-0.15, -0.1) is 0 Å². The first-order valence-corrected chi connectivity index (χ1v) is 9.67. The van der Waals surface area contributed by atoms with Gasteiger partial charge in [0.05, 0.1) is 13.7 Å². The monoisotopic (exact) mass is 406 g/mol. The Labute approximate surface area is 171 Å². The number of nitrogens with one attached hydrogen (secondary N) is 1. The Morgan fingerprint density at radius 2 is 1.93 bits per heavy atom. The van der Waals surface area contributed by atoms with E-state index in [1.165, 1.54) is 7.11 Å². The Morgan fingerprint density at radius 3 is 2.59 bits per heavy atom. The van der Waals surface area contributed by atoms with Crippen LogP contribution in [0.25, 0.3) is 0 Å². The number of hydrogen-bond donors (Lipinski definition) is 1. The molecule has 160 valence electrons. The Kier molecular flexibility index (Phi) is 7.47. The first-order valence-electron chi connectivity index (χ1n) is 9.67. The van der Waals surface area contributed by atoms with E-state index >= 15 is 0 Å². The van der Waals surface area contributed by atoms with Crippen LogP contribution in [-0.4, -0.2) is 54.8 Å². The van der Waals surface area contributed by atoms with Gasteiger partial charge in [0, 0.05) is 18.0 Å². The average Bonchev–Trinajstić information content (AvgIpc) is 2.87. The summed E-state index contributed by atoms with van der Waals surface area (Å²) in [6, 6.07) is 6.61. The van der Waals surface area contributed by atoms with Crippen LogP contribution in [0, 0.1) is 5.92 Å². The molecule has 2 amide bonds. The van der Waals surface area contributed by atoms with Gasteiger partial charge in [-0.25, -0.2) is 9.59 Å². The predicted octanol–water partition coefficient (Wildman–Crippen LogP) is 2.50. The zero-order valence-electron chi connectivity index (χ0n) is 17.7. The second-order valence-corrected chi connectivity index (χ2v) is 8.07. The number of alkyl carbamates (subject to hydrolysis) is 1. The Morgan fingerprint density at radius 1 is 1.24 bits per heavy atom. The highest BCUT2D eigenvalue weighted by Gasteiger charge is 2.31. The van der Waals surface area contributed by atoms with Crippen LogP contribution in [-0.2, 0) is 25.6 Å². The summed E-state index contributed by atoms with van der Waals surface area (Å²) in [6.07, 6.45) is -0.631. The molecule has 0 saturated heterocycles. The lowest BCUT2D eigenvalue weighted by Crippen LogP contribution is -2.46. The van der Waals surface area contributed by atoms with Crippen molar-refractivity contribution in [3.05, 3.63) is 29.8 Å². The summed E-state index contributed by atoms with van der Waals surface area (Å²) in [7, 11) is 1.24. The van der Waals surface area contributed by atoms with Gasteiger partial charge in [-0.1, -0.05) is 25.1 Å². The molecule has 0 saturated carbocycles. The summed E-state index contributed by atoms with van der Waals surface area (Å²) in [5, 5.41) is 2.51. The fourth-order valence-corrected chi connectivity index (χ4v) is 3.09. The standard InChI is InChI=1S/C21H30N2O6/c1-14(12-16(19(25)27-5)22-20(26)29-21(2,3)4)18(24)23-10-11-28-17-9-7-6-8-15(17)13-23/h6-9,14,16H,10-13H2,1-5H3,(H,22,26). The molecule has 0 radical (unpaired) electrons. The SMILES string of the molecule is COC(=O)C(CC(C)C(=O)N1CCOc2ccccc2C1)NC(=O)OC(C)(C)C. The van der Waals surface area contributed by atoms with E-state index in [0.29, 0.717) is 19.7 Å². The van der Waals surface area contributed by atoms with Crippen LogP contribution in [0.4, 0.5) is 4.79 Å². The zero-order chi connectivity index (χ0) is 21.6. The third-order valence-corrected chi connectivity index (χ3v) is 4.45. The highest BCUT2D eigenvalue weighted by atomic mass is 16.6. The van der Waals surface area contributed by atoms with Crippen molar-refractivity contribution in [1.82, 2.24) is 10.2 Å². The third kappa shape index (κ3) is 6.66. The molecule has 2 rings (SSSR count). The molecule has 1 heterocycles. The summed E-state index contributed by atoms with van der Waals surface area (Å²) in [6.45, 7) is 8.18. The molecule has 0 fully saturated rings. The first-order chi connectivity index (χ1) is 13.6. The van der Waals surface area contributed by atoms with Gasteiger partial charge in [0.1, 0.15) is 24.0 Å². The molecule has 8 nitrogen and oxygen atoms in total. The molecule has 1 N–H and O–H groups in total. The van der Waals surface area contributed by atoms with E-state index in [-0.39, 0.29) is 12.3 Å². The molecule has 8 heteroatoms. The third-order valence-electron chi connectivity index (χ3n) is 4.45. The Hall–Kier alpha value is -2.77. The molecule has 29 heavy (non-hydrogen) atoms. The summed E-state index contributed by atoms with van der Waals surface area (Å²) in [5.74, 6) is -0.487. The number of esters is 1. The largest absolute Gasteiger partial charge is 0.491 e. The number of methoxy groups -OCH3 is 1. The van der Waals surface area contributed by atoms with E-state index < -0.39 is 29.6 Å². The number of carbonyl (C=O) groups is 3. The maximum absolute atomic E-state index is 13.0. The van der Waals surface area contributed by atoms with Crippen LogP contribution in [0.3, 0.4) is 0 Å². The van der Waals surface area contributed by atoms with Gasteiger partial charge < -0.3 is 24.4 Å². The number of carbonyl (C=O) groups excluding carboxylic acids is 3. The number of amides is 2. The van der Waals surface area contributed by atoms with Crippen LogP contribution < -0.4 is 10.1 Å². The average molecular weight is 406 g/mol. The number of ether oxygens (including phenoxy) is 3. The van der Waals surface area contributed by atoms with Crippen LogP contribution in [0.2, 0.25) is 0 Å². The van der Waals surface area contributed by atoms with Gasteiger partial charge in [0.2, 0.25) is 5.91 Å². The Balaban J connectivity index is 2.04. The minimum atomic E-state index is -0.982. The minimum Gasteiger partial charge on any atom is -0.491 e. The van der Waals surface area contributed by atoms with Crippen LogP contribution in [0.1, 0.15) is 39.7 Å². The zero-order valence-corrected chi connectivity index (χ0v) is 17.7. The van der Waals surface area contributed by atoms with Crippen molar-refractivity contribution in [2.24, 2.45) is 5.92 Å². The van der Waals surface area contributed by atoms with E-state index in [2.05, 4.69) is 5.32 Å². The lowest BCUT2D eigenvalue weighted by atomic mass is 9.99. The van der Waals surface area contributed by atoms with Crippen molar-refractivity contribution in [1.29, 1.82) is 0 Å². The summed E-state index contributed by atoms with van der Waals surface area (Å²) in [4.78, 5) is 38.9. The Bertz CT molecular complexity index is 743. The molecular weight excluding hydrogens is 376 g/mol. The van der Waals surface area contributed by atoms with E-state index in [9.17, 15) is 14.4 Å². The van der Waals surface area contributed by atoms with Crippen LogP contribution >= 0.6 is 0 Å². The van der Waals surface area contributed by atoms with Gasteiger partial charge in [-0.3, -0.25) is 4.79 Å². The van der Waals surface area contributed by atoms with E-state index in [0.717, 1.165) is 11.3 Å². The number of para-hydroxylation sites is 1. The topological polar surface area (TPSA) is 94.2 Å². The van der Waals surface area contributed by atoms with Gasteiger partial charge in [-0.2, -0.15) is 0 Å². The molecule has 2 unspecified atom stereocenters. The van der Waals surface area contributed by atoms with Crippen molar-refractivity contribution in [2.75, 3.05) is 20.3 Å². The molecule has 1 aromatic rings. The van der Waals surface area contributed by atoms with Gasteiger partial charge in [0.25, 0.3) is 0 Å². The van der Waals surface area contributed by atoms with Gasteiger partial charge in [-0.05, 0) is 33.3 Å². The molecule has 0 aromatic heterocycles. The molecule has 2 atom stereocenters. The van der Waals surface area contributed by atoms with Crippen molar-refractivity contribution in [3.63, 3.8) is 0 Å². The molecular formula is C21H30N2O6. The lowest BCUT2D eigenvalue weighted by Gasteiger charge is -2.27. The lowest BCUT2D eigenvalue weighted by molar-refractivity contribution is -0.144. The number of nitrogens with zero attached hydrogens (tertiary/aromatic N) is 1. The number of benzene rings is 1. The number of rotatable bonds is 5. The molecule has 1 aliphatic heterocycles. The normalized spacial score (nSPS) is 15.8. The molecule has 0 spiro atoms. The summed E-state index contributed by atoms with van der Waals surface area (Å²) < 4.78 is 15.7. The van der Waals surface area contributed by atoms with Crippen molar-refractivity contribution in [2.45, 2.75) is 52.3 Å². The van der Waals surface area contributed by atoms with E-state index in [1.54, 1.807) is 32.6 Å². The predicted molar refractivity (Wildman–Crippen MR) is 106 cm³/mol. The van der Waals surface area contributed by atoms with Crippen molar-refractivity contribution >= 4 is 18.0 Å². The van der Waals surface area contributed by atoms with Gasteiger partial charge in [0.15, 0.2) is 0 Å². The minimum absolute atomic E-state index is 0.101. The number of hydrogen-bond acceptors (Lipinski definition) is 6. The first kappa shape index (κ1) is 22.5. The summed E-state index contributed by atoms with van der Waals surface area (Å²) in [5.41, 5.74) is 0.230. The smallest absolute Gasteiger partial charge is 0.408 e. The van der Waals surface area contributed by atoms with Crippen LogP contribution in [0.5, 0.6) is 5.75 Å². The van der Waals surface area contributed by atoms with E-state index in [1.807, 2.05) is 24.3 Å².